The van der Waals surface area contributed by atoms with Gasteiger partial charge in [0.05, 0.1) is 5.69 Å². The Balaban J connectivity index is 2.18. The third-order valence-corrected chi connectivity index (χ3v) is 5.19. The SMILES string of the molecule is CC(C)(C)c1ccc2c(c1)-c1cc(C(C)(C)C)ccc1SN2. The van der Waals surface area contributed by atoms with Crippen molar-refractivity contribution in [3.8, 4) is 11.1 Å². The van der Waals surface area contributed by atoms with E-state index < -0.39 is 0 Å². The summed E-state index contributed by atoms with van der Waals surface area (Å²) in [5, 5.41) is 0. The molecular weight excluding hydrogens is 286 g/mol. The normalized spacial score (nSPS) is 14.1. The summed E-state index contributed by atoms with van der Waals surface area (Å²) in [6, 6.07) is 13.7. The van der Waals surface area contributed by atoms with Gasteiger partial charge in [-0.25, -0.2) is 0 Å². The predicted octanol–water partition coefficient (Wildman–Crippen LogP) is 6.38. The van der Waals surface area contributed by atoms with Gasteiger partial charge >= 0.3 is 0 Å². The van der Waals surface area contributed by atoms with Gasteiger partial charge in [0, 0.05) is 10.5 Å². The summed E-state index contributed by atoms with van der Waals surface area (Å²) in [7, 11) is 0. The van der Waals surface area contributed by atoms with Crippen LogP contribution in [0.4, 0.5) is 5.69 Å². The molecule has 0 amide bonds. The molecule has 3 rings (SSSR count). The van der Waals surface area contributed by atoms with Crippen molar-refractivity contribution in [2.45, 2.75) is 57.3 Å². The van der Waals surface area contributed by atoms with Crippen molar-refractivity contribution in [3.05, 3.63) is 47.5 Å². The van der Waals surface area contributed by atoms with Crippen LogP contribution in [0.15, 0.2) is 41.3 Å². The van der Waals surface area contributed by atoms with Crippen LogP contribution >= 0.6 is 11.9 Å². The fourth-order valence-corrected chi connectivity index (χ4v) is 3.54. The highest BCUT2D eigenvalue weighted by atomic mass is 32.2. The van der Waals surface area contributed by atoms with Gasteiger partial charge in [-0.3, -0.25) is 0 Å². The molecule has 1 aliphatic rings. The summed E-state index contributed by atoms with van der Waals surface area (Å²) in [6.45, 7) is 13.6. The van der Waals surface area contributed by atoms with Crippen molar-refractivity contribution in [2.24, 2.45) is 0 Å². The molecule has 2 aromatic carbocycles. The minimum absolute atomic E-state index is 0.168. The lowest BCUT2D eigenvalue weighted by Crippen LogP contribution is -2.13. The zero-order chi connectivity index (χ0) is 16.1. The smallest absolute Gasteiger partial charge is 0.0522 e. The largest absolute Gasteiger partial charge is 0.325 e. The first-order valence-electron chi connectivity index (χ1n) is 7.88. The van der Waals surface area contributed by atoms with Gasteiger partial charge in [0.2, 0.25) is 0 Å². The monoisotopic (exact) mass is 311 g/mol. The zero-order valence-electron chi connectivity index (χ0n) is 14.4. The molecule has 0 unspecified atom stereocenters. The summed E-state index contributed by atoms with van der Waals surface area (Å²) < 4.78 is 3.47. The first kappa shape index (κ1) is 15.5. The van der Waals surface area contributed by atoms with Gasteiger partial charge in [-0.15, -0.1) is 0 Å². The molecule has 0 saturated heterocycles. The molecule has 1 aliphatic heterocycles. The molecule has 0 aliphatic carbocycles. The molecule has 0 fully saturated rings. The van der Waals surface area contributed by atoms with Gasteiger partial charge in [0.25, 0.3) is 0 Å². The maximum Gasteiger partial charge on any atom is 0.0522 e. The number of nitrogens with one attached hydrogen (secondary N) is 1. The van der Waals surface area contributed by atoms with Crippen LogP contribution in [-0.4, -0.2) is 0 Å². The summed E-state index contributed by atoms with van der Waals surface area (Å²) in [6.07, 6.45) is 0. The standard InChI is InChI=1S/C20H25NS/c1-19(2,3)13-7-9-17-15(11-13)16-12-14(20(4,5)6)8-10-18(16)22-21-17/h7-12,21H,1-6H3. The van der Waals surface area contributed by atoms with Gasteiger partial charge in [0.15, 0.2) is 0 Å². The number of hydrogen-bond donors (Lipinski definition) is 1. The van der Waals surface area contributed by atoms with E-state index in [2.05, 4.69) is 82.7 Å². The molecule has 2 heteroatoms. The molecule has 0 radical (unpaired) electrons. The first-order valence-corrected chi connectivity index (χ1v) is 8.70. The molecule has 1 nitrogen and oxygen atoms in total. The maximum atomic E-state index is 3.47. The second-order valence-electron chi connectivity index (χ2n) is 8.18. The Labute approximate surface area is 138 Å². The quantitative estimate of drug-likeness (QED) is 0.566. The Hall–Kier alpha value is -1.41. The van der Waals surface area contributed by atoms with Crippen LogP contribution in [0, 0.1) is 0 Å². The molecular formula is C20H25NS. The van der Waals surface area contributed by atoms with Crippen molar-refractivity contribution in [3.63, 3.8) is 0 Å². The molecule has 0 aromatic heterocycles. The van der Waals surface area contributed by atoms with Crippen LogP contribution in [0.1, 0.15) is 52.7 Å². The number of rotatable bonds is 0. The lowest BCUT2D eigenvalue weighted by atomic mass is 9.83. The predicted molar refractivity (Wildman–Crippen MR) is 98.8 cm³/mol. The second-order valence-corrected chi connectivity index (χ2v) is 9.02. The summed E-state index contributed by atoms with van der Waals surface area (Å²) >= 11 is 1.71. The summed E-state index contributed by atoms with van der Waals surface area (Å²) in [4.78, 5) is 1.31. The van der Waals surface area contributed by atoms with Crippen molar-refractivity contribution in [2.75, 3.05) is 4.72 Å². The number of fused-ring (bicyclic) bond motifs is 3. The van der Waals surface area contributed by atoms with E-state index in [0.717, 1.165) is 0 Å². The third kappa shape index (κ3) is 2.77. The molecule has 0 bridgehead atoms. The Bertz CT molecular complexity index is 654. The fraction of sp³-hybridized carbons (Fsp3) is 0.400. The van der Waals surface area contributed by atoms with Gasteiger partial charge < -0.3 is 4.72 Å². The van der Waals surface area contributed by atoms with E-state index >= 15 is 0 Å². The van der Waals surface area contributed by atoms with Crippen molar-refractivity contribution in [1.29, 1.82) is 0 Å². The topological polar surface area (TPSA) is 12.0 Å². The average Bonchev–Trinajstić information content (AvgIpc) is 2.44. The minimum atomic E-state index is 0.168. The molecule has 1 heterocycles. The van der Waals surface area contributed by atoms with Gasteiger partial charge in [-0.2, -0.15) is 0 Å². The lowest BCUT2D eigenvalue weighted by molar-refractivity contribution is 0.589. The van der Waals surface area contributed by atoms with Crippen LogP contribution in [0.2, 0.25) is 0 Å². The Morgan fingerprint density at radius 3 is 1.86 bits per heavy atom. The molecule has 0 atom stereocenters. The second kappa shape index (κ2) is 5.06. The number of benzene rings is 2. The highest BCUT2D eigenvalue weighted by Gasteiger charge is 2.23. The molecule has 1 N–H and O–H groups in total. The van der Waals surface area contributed by atoms with Crippen LogP contribution in [0.5, 0.6) is 0 Å². The molecule has 116 valence electrons. The first-order chi connectivity index (χ1) is 10.2. The van der Waals surface area contributed by atoms with Crippen molar-refractivity contribution < 1.29 is 0 Å². The van der Waals surface area contributed by atoms with E-state index in [1.807, 2.05) is 0 Å². The van der Waals surface area contributed by atoms with E-state index in [1.54, 1.807) is 11.9 Å². The third-order valence-electron chi connectivity index (χ3n) is 4.29. The maximum absolute atomic E-state index is 3.47. The van der Waals surface area contributed by atoms with Crippen LogP contribution < -0.4 is 4.72 Å². The van der Waals surface area contributed by atoms with Gasteiger partial charge in [-0.1, -0.05) is 53.7 Å². The Morgan fingerprint density at radius 2 is 1.27 bits per heavy atom. The zero-order valence-corrected chi connectivity index (χ0v) is 15.2. The number of anilines is 1. The van der Waals surface area contributed by atoms with E-state index in [9.17, 15) is 0 Å². The van der Waals surface area contributed by atoms with Crippen LogP contribution in [0.3, 0.4) is 0 Å². The summed E-state index contributed by atoms with van der Waals surface area (Å²) in [5.41, 5.74) is 7.02. The fourth-order valence-electron chi connectivity index (χ4n) is 2.73. The lowest BCUT2D eigenvalue weighted by Gasteiger charge is -2.27. The highest BCUT2D eigenvalue weighted by Crippen LogP contribution is 2.45. The highest BCUT2D eigenvalue weighted by molar-refractivity contribution is 8.00. The Kier molecular flexibility index (Phi) is 3.56. The van der Waals surface area contributed by atoms with E-state index in [1.165, 1.54) is 32.8 Å². The van der Waals surface area contributed by atoms with Gasteiger partial charge in [0.1, 0.15) is 0 Å². The van der Waals surface area contributed by atoms with E-state index in [-0.39, 0.29) is 10.8 Å². The molecule has 2 aromatic rings. The number of hydrogen-bond acceptors (Lipinski definition) is 2. The molecule has 22 heavy (non-hydrogen) atoms. The van der Waals surface area contributed by atoms with Gasteiger partial charge in [-0.05, 0) is 63.7 Å². The molecule has 0 saturated carbocycles. The molecule has 0 spiro atoms. The Morgan fingerprint density at radius 1 is 0.727 bits per heavy atom. The minimum Gasteiger partial charge on any atom is -0.325 e. The van der Waals surface area contributed by atoms with Crippen molar-refractivity contribution >= 4 is 17.6 Å². The van der Waals surface area contributed by atoms with Crippen LogP contribution in [-0.2, 0) is 10.8 Å². The summed E-state index contributed by atoms with van der Waals surface area (Å²) in [5.74, 6) is 0. The van der Waals surface area contributed by atoms with E-state index in [4.69, 9.17) is 0 Å². The van der Waals surface area contributed by atoms with Crippen LogP contribution in [0.25, 0.3) is 11.1 Å². The van der Waals surface area contributed by atoms with Crippen molar-refractivity contribution in [1.82, 2.24) is 0 Å². The average molecular weight is 311 g/mol. The van der Waals surface area contributed by atoms with E-state index in [0.29, 0.717) is 0 Å².